The summed E-state index contributed by atoms with van der Waals surface area (Å²) in [6.45, 7) is 1.69. The molecule has 0 bridgehead atoms. The number of carboxylic acid groups (broad SMARTS) is 1. The summed E-state index contributed by atoms with van der Waals surface area (Å²) in [6, 6.07) is 21.3. The minimum atomic E-state index is -1.14. The molecule has 9 heteroatoms. The lowest BCUT2D eigenvalue weighted by atomic mass is 9.91. The molecule has 3 aromatic carbocycles. The summed E-state index contributed by atoms with van der Waals surface area (Å²) in [5.74, 6) is -0.204. The fraction of sp³-hybridized carbons (Fsp3) is 0.333. The number of phenols is 1. The van der Waals surface area contributed by atoms with E-state index in [0.717, 1.165) is 49.8 Å². The molecular weight excluding hydrogens is 534 g/mol. The number of ether oxygens (including phenoxy) is 1. The van der Waals surface area contributed by atoms with Crippen molar-refractivity contribution in [2.24, 2.45) is 0 Å². The number of carbonyl (C=O) groups is 1. The first-order chi connectivity index (χ1) is 20.4. The van der Waals surface area contributed by atoms with Crippen LogP contribution in [0.4, 0.5) is 5.69 Å². The number of aromatic amines is 1. The number of hydrogen-bond donors (Lipinski definition) is 6. The summed E-state index contributed by atoms with van der Waals surface area (Å²) in [5.41, 5.74) is 2.13. The number of aliphatic carboxylic acids is 1. The molecule has 5 rings (SSSR count). The number of pyridine rings is 1. The van der Waals surface area contributed by atoms with E-state index in [-0.39, 0.29) is 11.3 Å². The molecule has 1 unspecified atom stereocenters. The molecule has 0 fully saturated rings. The third-order valence-electron chi connectivity index (χ3n) is 7.92. The first-order valence-electron chi connectivity index (χ1n) is 14.4. The van der Waals surface area contributed by atoms with Gasteiger partial charge < -0.3 is 35.7 Å². The van der Waals surface area contributed by atoms with Crippen molar-refractivity contribution in [2.45, 2.75) is 50.2 Å². The van der Waals surface area contributed by atoms with Crippen LogP contribution in [0, 0.1) is 0 Å². The van der Waals surface area contributed by atoms with Crippen molar-refractivity contribution in [3.8, 4) is 11.5 Å². The lowest BCUT2D eigenvalue weighted by Gasteiger charge is -2.28. The standard InChI is InChI=1S/C33H37N3O6/c37-28-14-12-25(26-13-15-30(39)35-31(26)28)29(38)21-34-18-5-1-2-6-19-42-24-10-7-9-23(20-24)36-33(32(40)41)17-16-22-8-3-4-11-27(22)33/h3-4,7-15,20,29,34,36-38H,1-2,5-6,16-19,21H2,(H,35,39)(H,40,41)/t29-,33?/m0/s1. The van der Waals surface area contributed by atoms with Gasteiger partial charge in [0.2, 0.25) is 5.56 Å². The predicted octanol–water partition coefficient (Wildman–Crippen LogP) is 4.83. The van der Waals surface area contributed by atoms with Gasteiger partial charge in [0.15, 0.2) is 5.54 Å². The minimum Gasteiger partial charge on any atom is -0.506 e. The molecule has 0 saturated carbocycles. The Morgan fingerprint density at radius 3 is 2.69 bits per heavy atom. The van der Waals surface area contributed by atoms with Crippen molar-refractivity contribution in [3.63, 3.8) is 0 Å². The molecule has 0 saturated heterocycles. The Hall–Kier alpha value is -4.34. The Labute approximate surface area is 244 Å². The van der Waals surface area contributed by atoms with Gasteiger partial charge in [0, 0.05) is 29.8 Å². The van der Waals surface area contributed by atoms with Crippen LogP contribution in [-0.2, 0) is 16.8 Å². The number of hydrogen-bond acceptors (Lipinski definition) is 7. The Balaban J connectivity index is 1.02. The van der Waals surface area contributed by atoms with Crippen LogP contribution in [0.2, 0.25) is 0 Å². The smallest absolute Gasteiger partial charge is 0.334 e. The number of aromatic hydroxyl groups is 1. The quantitative estimate of drug-likeness (QED) is 0.118. The summed E-state index contributed by atoms with van der Waals surface area (Å²) in [6.07, 6.45) is 4.30. The number of nitrogens with one attached hydrogen (secondary N) is 3. The van der Waals surface area contributed by atoms with Gasteiger partial charge in [-0.3, -0.25) is 4.79 Å². The molecule has 0 spiro atoms. The van der Waals surface area contributed by atoms with Gasteiger partial charge in [0.25, 0.3) is 0 Å². The Bertz CT molecular complexity index is 1600. The van der Waals surface area contributed by atoms with Gasteiger partial charge in [-0.25, -0.2) is 4.79 Å². The number of H-pyrrole nitrogens is 1. The molecule has 42 heavy (non-hydrogen) atoms. The maximum Gasteiger partial charge on any atom is 0.334 e. The zero-order valence-electron chi connectivity index (χ0n) is 23.4. The number of anilines is 1. The molecule has 220 valence electrons. The lowest BCUT2D eigenvalue weighted by Crippen LogP contribution is -2.41. The predicted molar refractivity (Wildman–Crippen MR) is 162 cm³/mol. The number of rotatable bonds is 14. The minimum absolute atomic E-state index is 0.0261. The molecule has 2 atom stereocenters. The van der Waals surface area contributed by atoms with Crippen LogP contribution >= 0.6 is 0 Å². The van der Waals surface area contributed by atoms with E-state index in [1.54, 1.807) is 12.1 Å². The van der Waals surface area contributed by atoms with Crippen LogP contribution in [0.5, 0.6) is 11.5 Å². The number of fused-ring (bicyclic) bond motifs is 2. The average molecular weight is 572 g/mol. The highest BCUT2D eigenvalue weighted by Crippen LogP contribution is 2.40. The van der Waals surface area contributed by atoms with E-state index < -0.39 is 17.6 Å². The summed E-state index contributed by atoms with van der Waals surface area (Å²) < 4.78 is 5.96. The topological polar surface area (TPSA) is 144 Å². The van der Waals surface area contributed by atoms with Crippen LogP contribution in [0.25, 0.3) is 10.9 Å². The highest BCUT2D eigenvalue weighted by atomic mass is 16.5. The number of aliphatic hydroxyl groups is 1. The Kier molecular flexibility index (Phi) is 9.09. The van der Waals surface area contributed by atoms with Crippen molar-refractivity contribution < 1.29 is 24.9 Å². The molecule has 9 nitrogen and oxygen atoms in total. The van der Waals surface area contributed by atoms with Crippen LogP contribution in [0.1, 0.15) is 54.9 Å². The Morgan fingerprint density at radius 1 is 1.00 bits per heavy atom. The second-order valence-corrected chi connectivity index (χ2v) is 10.8. The molecule has 0 aliphatic heterocycles. The molecule has 1 heterocycles. The lowest BCUT2D eigenvalue weighted by molar-refractivity contribution is -0.142. The molecule has 0 amide bonds. The maximum atomic E-state index is 12.4. The second-order valence-electron chi connectivity index (χ2n) is 10.8. The summed E-state index contributed by atoms with van der Waals surface area (Å²) in [7, 11) is 0. The third-order valence-corrected chi connectivity index (χ3v) is 7.92. The zero-order valence-corrected chi connectivity index (χ0v) is 23.4. The van der Waals surface area contributed by atoms with Gasteiger partial charge in [0.1, 0.15) is 11.5 Å². The third kappa shape index (κ3) is 6.42. The molecule has 6 N–H and O–H groups in total. The number of aryl methyl sites for hydroxylation is 1. The summed E-state index contributed by atoms with van der Waals surface area (Å²) in [4.78, 5) is 26.6. The number of aliphatic hydroxyl groups excluding tert-OH is 1. The molecule has 1 aromatic heterocycles. The van der Waals surface area contributed by atoms with Gasteiger partial charge >= 0.3 is 5.97 Å². The average Bonchev–Trinajstić information content (AvgIpc) is 3.36. The van der Waals surface area contributed by atoms with Crippen LogP contribution < -0.4 is 20.9 Å². The van der Waals surface area contributed by atoms with E-state index in [9.17, 15) is 24.9 Å². The first-order valence-corrected chi connectivity index (χ1v) is 14.4. The maximum absolute atomic E-state index is 12.4. The monoisotopic (exact) mass is 571 g/mol. The first kappa shape index (κ1) is 29.2. The highest BCUT2D eigenvalue weighted by Gasteiger charge is 2.45. The van der Waals surface area contributed by atoms with E-state index in [4.69, 9.17) is 4.74 Å². The number of carboxylic acids is 1. The molecule has 4 aromatic rings. The summed E-state index contributed by atoms with van der Waals surface area (Å²) >= 11 is 0. The van der Waals surface area contributed by atoms with Crippen molar-refractivity contribution in [2.75, 3.05) is 25.0 Å². The second kappa shape index (κ2) is 13.1. The van der Waals surface area contributed by atoms with E-state index in [2.05, 4.69) is 15.6 Å². The van der Waals surface area contributed by atoms with Crippen LogP contribution in [0.3, 0.4) is 0 Å². The summed E-state index contributed by atoms with van der Waals surface area (Å²) in [5, 5.41) is 38.0. The fourth-order valence-corrected chi connectivity index (χ4v) is 5.72. The normalized spacial score (nSPS) is 16.7. The number of benzene rings is 3. The van der Waals surface area contributed by atoms with Crippen LogP contribution in [0.15, 0.2) is 77.6 Å². The van der Waals surface area contributed by atoms with Gasteiger partial charge in [-0.2, -0.15) is 0 Å². The Morgan fingerprint density at radius 2 is 1.83 bits per heavy atom. The van der Waals surface area contributed by atoms with Crippen molar-refractivity contribution >= 4 is 22.6 Å². The number of aromatic nitrogens is 1. The molecule has 0 radical (unpaired) electrons. The van der Waals surface area contributed by atoms with Crippen molar-refractivity contribution in [3.05, 3.63) is 99.8 Å². The van der Waals surface area contributed by atoms with Gasteiger partial charge in [-0.15, -0.1) is 0 Å². The zero-order chi connectivity index (χ0) is 29.5. The van der Waals surface area contributed by atoms with Gasteiger partial charge in [0.05, 0.1) is 18.2 Å². The van der Waals surface area contributed by atoms with E-state index >= 15 is 0 Å². The largest absolute Gasteiger partial charge is 0.506 e. The number of unbranched alkanes of at least 4 members (excludes halogenated alkanes) is 3. The molecule has 1 aliphatic rings. The number of phenolic OH excluding ortho intramolecular Hbond substituents is 1. The SMILES string of the molecule is O=C(O)C1(Nc2cccc(OCCCCCCNC[C@H](O)c3ccc(O)c4[nH]c(=O)ccc34)c2)CCc2ccccc21. The molecular formula is C33H37N3O6. The van der Waals surface area contributed by atoms with Gasteiger partial charge in [-0.1, -0.05) is 49.2 Å². The fourth-order valence-electron chi connectivity index (χ4n) is 5.72. The van der Waals surface area contributed by atoms with E-state index in [1.807, 2.05) is 48.5 Å². The van der Waals surface area contributed by atoms with Crippen molar-refractivity contribution in [1.29, 1.82) is 0 Å². The highest BCUT2D eigenvalue weighted by molar-refractivity contribution is 5.88. The molecule has 1 aliphatic carbocycles. The van der Waals surface area contributed by atoms with E-state index in [0.29, 0.717) is 47.5 Å². The van der Waals surface area contributed by atoms with Crippen molar-refractivity contribution in [1.82, 2.24) is 10.3 Å². The van der Waals surface area contributed by atoms with Gasteiger partial charge in [-0.05, 0) is 73.2 Å². The van der Waals surface area contributed by atoms with E-state index in [1.165, 1.54) is 12.1 Å². The van der Waals surface area contributed by atoms with Crippen LogP contribution in [-0.4, -0.2) is 46.0 Å².